The van der Waals surface area contributed by atoms with Crippen molar-refractivity contribution in [3.63, 3.8) is 0 Å². The maximum atomic E-state index is 5.95. The largest absolute Gasteiger partial charge is 0.461 e. The zero-order valence-corrected chi connectivity index (χ0v) is 10.7. The lowest BCUT2D eigenvalue weighted by Gasteiger charge is -2.01. The van der Waals surface area contributed by atoms with Gasteiger partial charge >= 0.3 is 0 Å². The highest BCUT2D eigenvalue weighted by Gasteiger charge is 2.14. The number of pyridine rings is 1. The van der Waals surface area contributed by atoms with E-state index < -0.39 is 0 Å². The first-order valence-corrected chi connectivity index (χ1v) is 6.60. The minimum atomic E-state index is 0.508. The number of rotatable bonds is 4. The average molecular weight is 273 g/mol. The molecule has 0 aliphatic carbocycles. The van der Waals surface area contributed by atoms with Gasteiger partial charge < -0.3 is 10.3 Å². The Balaban J connectivity index is 1.76. The highest BCUT2D eigenvalue weighted by Crippen LogP contribution is 2.23. The van der Waals surface area contributed by atoms with Crippen molar-refractivity contribution in [3.8, 4) is 11.6 Å². The van der Waals surface area contributed by atoms with Gasteiger partial charge in [-0.2, -0.15) is 0 Å². The van der Waals surface area contributed by atoms with Crippen molar-refractivity contribution in [2.45, 2.75) is 10.9 Å². The topological polar surface area (TPSA) is 82.8 Å². The number of thioether (sulfide) groups is 1. The summed E-state index contributed by atoms with van der Waals surface area (Å²) >= 11 is 1.48. The van der Waals surface area contributed by atoms with Gasteiger partial charge in [-0.3, -0.25) is 4.98 Å². The van der Waals surface area contributed by atoms with Gasteiger partial charge in [0.25, 0.3) is 0 Å². The fraction of sp³-hybridized carbons (Fsp3) is 0.0833. The number of nitrogens with two attached hydrogens (primary N) is 1. The summed E-state index contributed by atoms with van der Waals surface area (Å²) in [5.41, 5.74) is 0.968. The highest BCUT2D eigenvalue weighted by atomic mass is 32.2. The van der Waals surface area contributed by atoms with Crippen LogP contribution in [0.4, 0.5) is 0 Å². The van der Waals surface area contributed by atoms with Crippen LogP contribution >= 0.6 is 11.8 Å². The van der Waals surface area contributed by atoms with E-state index in [4.69, 9.17) is 10.3 Å². The molecule has 6 nitrogen and oxygen atoms in total. The van der Waals surface area contributed by atoms with Gasteiger partial charge in [0.2, 0.25) is 11.0 Å². The lowest BCUT2D eigenvalue weighted by atomic mass is 10.4. The Labute approximate surface area is 113 Å². The average Bonchev–Trinajstić information content (AvgIpc) is 3.07. The molecule has 0 amide bonds. The van der Waals surface area contributed by atoms with Crippen LogP contribution in [0, 0.1) is 0 Å². The van der Waals surface area contributed by atoms with E-state index in [0.29, 0.717) is 22.5 Å². The van der Waals surface area contributed by atoms with E-state index in [1.807, 2.05) is 18.2 Å². The Morgan fingerprint density at radius 1 is 1.21 bits per heavy atom. The molecule has 0 aliphatic heterocycles. The standard InChI is InChI=1S/C12H11N5OS/c13-17-11(10-5-3-7-18-10)15-16-12(17)19-8-9-4-1-2-6-14-9/h1-7H,8,13H2. The molecule has 7 heteroatoms. The smallest absolute Gasteiger partial charge is 0.218 e. The maximum Gasteiger partial charge on any atom is 0.218 e. The predicted octanol–water partition coefficient (Wildman–Crippen LogP) is 1.94. The molecule has 19 heavy (non-hydrogen) atoms. The van der Waals surface area contributed by atoms with Crippen LogP contribution in [0.3, 0.4) is 0 Å². The number of aromatic nitrogens is 4. The number of furan rings is 1. The van der Waals surface area contributed by atoms with Crippen molar-refractivity contribution in [1.82, 2.24) is 19.9 Å². The third kappa shape index (κ3) is 2.45. The summed E-state index contributed by atoms with van der Waals surface area (Å²) in [5, 5.41) is 8.70. The van der Waals surface area contributed by atoms with Gasteiger partial charge in [-0.15, -0.1) is 10.2 Å². The Morgan fingerprint density at radius 3 is 2.89 bits per heavy atom. The summed E-state index contributed by atoms with van der Waals surface area (Å²) in [4.78, 5) is 4.24. The van der Waals surface area contributed by atoms with E-state index in [2.05, 4.69) is 15.2 Å². The molecule has 0 aromatic carbocycles. The molecule has 0 saturated carbocycles. The van der Waals surface area contributed by atoms with Crippen molar-refractivity contribution in [2.75, 3.05) is 5.84 Å². The van der Waals surface area contributed by atoms with Crippen molar-refractivity contribution in [2.24, 2.45) is 0 Å². The summed E-state index contributed by atoms with van der Waals surface area (Å²) in [7, 11) is 0. The van der Waals surface area contributed by atoms with Crippen LogP contribution in [0.15, 0.2) is 52.4 Å². The summed E-state index contributed by atoms with van der Waals surface area (Å²) in [6.45, 7) is 0. The van der Waals surface area contributed by atoms with Crippen LogP contribution in [-0.4, -0.2) is 19.9 Å². The normalized spacial score (nSPS) is 10.7. The molecule has 3 heterocycles. The number of hydrogen-bond donors (Lipinski definition) is 1. The second kappa shape index (κ2) is 5.15. The fourth-order valence-corrected chi connectivity index (χ4v) is 2.34. The van der Waals surface area contributed by atoms with Crippen molar-refractivity contribution < 1.29 is 4.42 Å². The molecule has 0 saturated heterocycles. The van der Waals surface area contributed by atoms with Crippen LogP contribution in [0.2, 0.25) is 0 Å². The molecule has 96 valence electrons. The second-order valence-electron chi connectivity index (χ2n) is 3.76. The first-order chi connectivity index (χ1) is 9.34. The molecular weight excluding hydrogens is 262 g/mol. The van der Waals surface area contributed by atoms with E-state index in [1.165, 1.54) is 16.4 Å². The van der Waals surface area contributed by atoms with Crippen molar-refractivity contribution in [1.29, 1.82) is 0 Å². The molecule has 2 N–H and O–H groups in total. The van der Waals surface area contributed by atoms with Crippen LogP contribution in [0.1, 0.15) is 5.69 Å². The molecule has 0 unspecified atom stereocenters. The molecule has 3 rings (SSSR count). The summed E-state index contributed by atoms with van der Waals surface area (Å²) < 4.78 is 6.67. The Hall–Kier alpha value is -2.28. The lowest BCUT2D eigenvalue weighted by Crippen LogP contribution is -2.11. The molecule has 0 fully saturated rings. The highest BCUT2D eigenvalue weighted by molar-refractivity contribution is 7.98. The Morgan fingerprint density at radius 2 is 2.16 bits per heavy atom. The summed E-state index contributed by atoms with van der Waals surface area (Å²) in [5.74, 6) is 7.74. The third-order valence-corrected chi connectivity index (χ3v) is 3.46. The third-order valence-electron chi connectivity index (χ3n) is 2.48. The number of hydrogen-bond acceptors (Lipinski definition) is 6. The van der Waals surface area contributed by atoms with Gasteiger partial charge in [0.05, 0.1) is 12.0 Å². The van der Waals surface area contributed by atoms with E-state index >= 15 is 0 Å². The Bertz CT molecular complexity index is 650. The lowest BCUT2D eigenvalue weighted by molar-refractivity contribution is 0.574. The van der Waals surface area contributed by atoms with Crippen LogP contribution in [-0.2, 0) is 5.75 Å². The van der Waals surface area contributed by atoms with E-state index in [-0.39, 0.29) is 0 Å². The molecule has 0 aliphatic rings. The zero-order valence-electron chi connectivity index (χ0n) is 9.93. The van der Waals surface area contributed by atoms with Crippen molar-refractivity contribution >= 4 is 11.8 Å². The maximum absolute atomic E-state index is 5.95. The van der Waals surface area contributed by atoms with Gasteiger partial charge in [0.1, 0.15) is 0 Å². The van der Waals surface area contributed by atoms with E-state index in [0.717, 1.165) is 5.69 Å². The van der Waals surface area contributed by atoms with Gasteiger partial charge in [-0.25, -0.2) is 4.68 Å². The molecule has 0 spiro atoms. The second-order valence-corrected chi connectivity index (χ2v) is 4.71. The van der Waals surface area contributed by atoms with Gasteiger partial charge in [-0.05, 0) is 24.3 Å². The van der Waals surface area contributed by atoms with Gasteiger partial charge in [-0.1, -0.05) is 17.8 Å². The molecule has 0 atom stereocenters. The molecule has 3 aromatic heterocycles. The van der Waals surface area contributed by atoms with Crippen LogP contribution in [0.25, 0.3) is 11.6 Å². The monoisotopic (exact) mass is 273 g/mol. The molecular formula is C12H11N5OS. The summed E-state index contributed by atoms with van der Waals surface area (Å²) in [6.07, 6.45) is 3.34. The minimum absolute atomic E-state index is 0.508. The van der Waals surface area contributed by atoms with Crippen molar-refractivity contribution in [3.05, 3.63) is 48.5 Å². The minimum Gasteiger partial charge on any atom is -0.461 e. The van der Waals surface area contributed by atoms with Crippen LogP contribution in [0.5, 0.6) is 0 Å². The van der Waals surface area contributed by atoms with Gasteiger partial charge in [0, 0.05) is 11.9 Å². The Kier molecular flexibility index (Phi) is 3.20. The quantitative estimate of drug-likeness (QED) is 0.578. The first kappa shape index (κ1) is 11.8. The number of nitrogens with zero attached hydrogens (tertiary/aromatic N) is 4. The van der Waals surface area contributed by atoms with Crippen LogP contribution < -0.4 is 5.84 Å². The predicted molar refractivity (Wildman–Crippen MR) is 71.7 cm³/mol. The summed E-state index contributed by atoms with van der Waals surface area (Å²) in [6, 6.07) is 9.36. The zero-order chi connectivity index (χ0) is 13.1. The molecule has 0 bridgehead atoms. The molecule has 3 aromatic rings. The first-order valence-electron chi connectivity index (χ1n) is 5.61. The molecule has 0 radical (unpaired) electrons. The number of nitrogen functional groups attached to an aromatic ring is 1. The van der Waals surface area contributed by atoms with Gasteiger partial charge in [0.15, 0.2) is 5.76 Å². The van der Waals surface area contributed by atoms with E-state index in [1.54, 1.807) is 24.6 Å². The SMILES string of the molecule is Nn1c(SCc2ccccn2)nnc1-c1ccco1. The van der Waals surface area contributed by atoms with E-state index in [9.17, 15) is 0 Å². The fourth-order valence-electron chi connectivity index (χ4n) is 1.57.